The third-order valence-electron chi connectivity index (χ3n) is 3.03. The second-order valence-electron chi connectivity index (χ2n) is 4.30. The normalized spacial score (nSPS) is 24.1. The number of nitrogens with zero attached hydrogens (tertiary/aromatic N) is 4. The minimum atomic E-state index is 0.253. The summed E-state index contributed by atoms with van der Waals surface area (Å²) in [6.07, 6.45) is 6.26. The molecule has 3 rings (SSSR count). The van der Waals surface area contributed by atoms with E-state index >= 15 is 0 Å². The maximum absolute atomic E-state index is 5.87. The molecule has 0 aromatic carbocycles. The Hall–Kier alpha value is -1.82. The molecule has 0 aliphatic heterocycles. The van der Waals surface area contributed by atoms with Gasteiger partial charge in [0.05, 0.1) is 0 Å². The van der Waals surface area contributed by atoms with E-state index in [1.807, 2.05) is 0 Å². The van der Waals surface area contributed by atoms with Gasteiger partial charge in [0.1, 0.15) is 0 Å². The number of rotatable bonds is 2. The van der Waals surface area contributed by atoms with Gasteiger partial charge in [-0.3, -0.25) is 0 Å². The minimum Gasteiger partial charge on any atom is -0.339 e. The molecule has 1 fully saturated rings. The molecule has 1 aliphatic carbocycles. The molecule has 2 N–H and O–H groups in total. The summed E-state index contributed by atoms with van der Waals surface area (Å²) in [5, 5.41) is 3.90. The van der Waals surface area contributed by atoms with Crippen molar-refractivity contribution in [3.05, 3.63) is 24.4 Å². The standard InChI is InChI=1S/C11H13N5O/c12-8-3-2-7(6-8)11-15-10(16-17-11)9-13-4-1-5-14-9/h1,4-5,7-8H,2-3,6,12H2/t7-,8+/m1/s1. The fourth-order valence-electron chi connectivity index (χ4n) is 2.15. The number of nitrogens with two attached hydrogens (primary N) is 1. The van der Waals surface area contributed by atoms with Gasteiger partial charge in [0.2, 0.25) is 17.5 Å². The third-order valence-corrected chi connectivity index (χ3v) is 3.03. The van der Waals surface area contributed by atoms with E-state index in [1.54, 1.807) is 18.5 Å². The van der Waals surface area contributed by atoms with Crippen LogP contribution in [0.5, 0.6) is 0 Å². The Balaban J connectivity index is 1.84. The number of hydrogen-bond donors (Lipinski definition) is 1. The van der Waals surface area contributed by atoms with E-state index < -0.39 is 0 Å². The summed E-state index contributed by atoms with van der Waals surface area (Å²) in [5.41, 5.74) is 5.87. The quantitative estimate of drug-likeness (QED) is 0.832. The van der Waals surface area contributed by atoms with Gasteiger partial charge in [-0.05, 0) is 25.3 Å². The maximum Gasteiger partial charge on any atom is 0.240 e. The van der Waals surface area contributed by atoms with Crippen LogP contribution in [0.2, 0.25) is 0 Å². The van der Waals surface area contributed by atoms with Crippen molar-refractivity contribution in [2.24, 2.45) is 5.73 Å². The van der Waals surface area contributed by atoms with Crippen LogP contribution in [0.15, 0.2) is 23.0 Å². The lowest BCUT2D eigenvalue weighted by Crippen LogP contribution is -2.14. The lowest BCUT2D eigenvalue weighted by atomic mass is 10.1. The highest BCUT2D eigenvalue weighted by atomic mass is 16.5. The van der Waals surface area contributed by atoms with Crippen LogP contribution in [-0.4, -0.2) is 26.2 Å². The Kier molecular flexibility index (Phi) is 2.56. The fourth-order valence-corrected chi connectivity index (χ4v) is 2.15. The molecule has 6 heteroatoms. The summed E-state index contributed by atoms with van der Waals surface area (Å²) in [4.78, 5) is 12.5. The molecule has 0 unspecified atom stereocenters. The van der Waals surface area contributed by atoms with Crippen molar-refractivity contribution in [3.8, 4) is 11.6 Å². The van der Waals surface area contributed by atoms with Crippen molar-refractivity contribution in [1.29, 1.82) is 0 Å². The average molecular weight is 231 g/mol. The number of aromatic nitrogens is 4. The highest BCUT2D eigenvalue weighted by Crippen LogP contribution is 2.32. The molecule has 0 spiro atoms. The molecule has 6 nitrogen and oxygen atoms in total. The highest BCUT2D eigenvalue weighted by Gasteiger charge is 2.28. The van der Waals surface area contributed by atoms with Gasteiger partial charge in [-0.15, -0.1) is 0 Å². The van der Waals surface area contributed by atoms with Crippen molar-refractivity contribution < 1.29 is 4.52 Å². The van der Waals surface area contributed by atoms with Gasteiger partial charge < -0.3 is 10.3 Å². The van der Waals surface area contributed by atoms with E-state index in [0.29, 0.717) is 17.5 Å². The van der Waals surface area contributed by atoms with E-state index in [0.717, 1.165) is 19.3 Å². The maximum atomic E-state index is 5.87. The monoisotopic (exact) mass is 231 g/mol. The number of hydrogen-bond acceptors (Lipinski definition) is 6. The van der Waals surface area contributed by atoms with Crippen LogP contribution in [0.1, 0.15) is 31.1 Å². The van der Waals surface area contributed by atoms with Crippen LogP contribution in [0, 0.1) is 0 Å². The van der Waals surface area contributed by atoms with E-state index in [1.165, 1.54) is 0 Å². The van der Waals surface area contributed by atoms with Crippen molar-refractivity contribution >= 4 is 0 Å². The van der Waals surface area contributed by atoms with Crippen molar-refractivity contribution in [2.75, 3.05) is 0 Å². The first kappa shape index (κ1) is 10.3. The molecule has 1 saturated carbocycles. The van der Waals surface area contributed by atoms with E-state index in [4.69, 9.17) is 10.3 Å². The summed E-state index contributed by atoms with van der Waals surface area (Å²) in [5.74, 6) is 1.88. The Bertz CT molecular complexity index is 498. The van der Waals surface area contributed by atoms with Gasteiger partial charge in [-0.2, -0.15) is 4.98 Å². The molecule has 2 aromatic rings. The van der Waals surface area contributed by atoms with Crippen molar-refractivity contribution in [1.82, 2.24) is 20.1 Å². The van der Waals surface area contributed by atoms with Crippen LogP contribution in [0.25, 0.3) is 11.6 Å². The zero-order valence-corrected chi connectivity index (χ0v) is 9.28. The summed E-state index contributed by atoms with van der Waals surface area (Å²) in [6.45, 7) is 0. The van der Waals surface area contributed by atoms with Gasteiger partial charge >= 0.3 is 0 Å². The van der Waals surface area contributed by atoms with Crippen LogP contribution in [0.4, 0.5) is 0 Å². The first-order chi connectivity index (χ1) is 8.33. The van der Waals surface area contributed by atoms with Gasteiger partial charge in [0, 0.05) is 24.4 Å². The zero-order valence-electron chi connectivity index (χ0n) is 9.28. The van der Waals surface area contributed by atoms with Gasteiger partial charge in [-0.1, -0.05) is 5.16 Å². The first-order valence-electron chi connectivity index (χ1n) is 5.69. The summed E-state index contributed by atoms with van der Waals surface area (Å²) < 4.78 is 5.25. The minimum absolute atomic E-state index is 0.253. The predicted octanol–water partition coefficient (Wildman–Crippen LogP) is 1.12. The molecule has 0 radical (unpaired) electrons. The fraction of sp³-hybridized carbons (Fsp3) is 0.455. The lowest BCUT2D eigenvalue weighted by molar-refractivity contribution is 0.353. The summed E-state index contributed by atoms with van der Waals surface area (Å²) in [6, 6.07) is 2.00. The lowest BCUT2D eigenvalue weighted by Gasteiger charge is -2.01. The topological polar surface area (TPSA) is 90.7 Å². The molecule has 1 aliphatic rings. The second kappa shape index (κ2) is 4.21. The molecular formula is C11H13N5O. The Morgan fingerprint density at radius 2 is 2.00 bits per heavy atom. The van der Waals surface area contributed by atoms with Crippen LogP contribution < -0.4 is 5.73 Å². The molecule has 0 bridgehead atoms. The molecular weight excluding hydrogens is 218 g/mol. The summed E-state index contributed by atoms with van der Waals surface area (Å²) >= 11 is 0. The van der Waals surface area contributed by atoms with Gasteiger partial charge in [-0.25, -0.2) is 9.97 Å². The molecule has 0 amide bonds. The van der Waals surface area contributed by atoms with E-state index in [2.05, 4.69) is 20.1 Å². The summed E-state index contributed by atoms with van der Waals surface area (Å²) in [7, 11) is 0. The first-order valence-corrected chi connectivity index (χ1v) is 5.69. The van der Waals surface area contributed by atoms with E-state index in [-0.39, 0.29) is 12.0 Å². The Morgan fingerprint density at radius 1 is 1.18 bits per heavy atom. The molecule has 88 valence electrons. The average Bonchev–Trinajstić information content (AvgIpc) is 2.98. The second-order valence-corrected chi connectivity index (χ2v) is 4.30. The highest BCUT2D eigenvalue weighted by molar-refractivity contribution is 5.40. The van der Waals surface area contributed by atoms with Crippen LogP contribution in [0.3, 0.4) is 0 Å². The van der Waals surface area contributed by atoms with Crippen LogP contribution >= 0.6 is 0 Å². The van der Waals surface area contributed by atoms with Crippen molar-refractivity contribution in [2.45, 2.75) is 31.2 Å². The smallest absolute Gasteiger partial charge is 0.240 e. The Labute approximate surface area is 98.3 Å². The zero-order chi connectivity index (χ0) is 11.7. The van der Waals surface area contributed by atoms with Gasteiger partial charge in [0.15, 0.2) is 0 Å². The van der Waals surface area contributed by atoms with Gasteiger partial charge in [0.25, 0.3) is 0 Å². The predicted molar refractivity (Wildman–Crippen MR) is 59.9 cm³/mol. The molecule has 17 heavy (non-hydrogen) atoms. The van der Waals surface area contributed by atoms with E-state index in [9.17, 15) is 0 Å². The third kappa shape index (κ3) is 2.03. The largest absolute Gasteiger partial charge is 0.339 e. The molecule has 2 heterocycles. The molecule has 2 aromatic heterocycles. The molecule has 0 saturated heterocycles. The molecule has 2 atom stereocenters. The SMILES string of the molecule is N[C@H]1CC[C@@H](c2nc(-c3ncccn3)no2)C1. The Morgan fingerprint density at radius 3 is 2.71 bits per heavy atom. The van der Waals surface area contributed by atoms with Crippen LogP contribution in [-0.2, 0) is 0 Å². The van der Waals surface area contributed by atoms with Crippen molar-refractivity contribution in [3.63, 3.8) is 0 Å².